The number of aromatic nitrogens is 4. The van der Waals surface area contributed by atoms with E-state index in [1.165, 1.54) is 25.1 Å². The first kappa shape index (κ1) is 12.2. The summed E-state index contributed by atoms with van der Waals surface area (Å²) >= 11 is 0. The Morgan fingerprint density at radius 3 is 3.05 bits per heavy atom. The molecule has 2 aromatic rings. The van der Waals surface area contributed by atoms with E-state index < -0.39 is 0 Å². The lowest BCUT2D eigenvalue weighted by Crippen LogP contribution is -2.16. The molecule has 0 radical (unpaired) electrons. The highest BCUT2D eigenvalue weighted by molar-refractivity contribution is 5.10. The molecule has 0 saturated heterocycles. The smallest absolute Gasteiger partial charge is 0.141 e. The Labute approximate surface area is 110 Å². The van der Waals surface area contributed by atoms with Gasteiger partial charge in [-0.3, -0.25) is 4.98 Å². The van der Waals surface area contributed by atoms with E-state index in [1.54, 1.807) is 10.9 Å². The molecule has 5 nitrogen and oxygen atoms in total. The molecule has 2 heterocycles. The van der Waals surface area contributed by atoms with E-state index in [1.807, 2.05) is 6.20 Å². The molecule has 1 saturated carbocycles. The van der Waals surface area contributed by atoms with Gasteiger partial charge in [-0.2, -0.15) is 0 Å². The lowest BCUT2D eigenvalue weighted by atomic mass is 10.3. The Balaban J connectivity index is 1.54. The van der Waals surface area contributed by atoms with Gasteiger partial charge in [0.2, 0.25) is 0 Å². The minimum absolute atomic E-state index is 0.330. The highest BCUT2D eigenvalue weighted by Gasteiger charge is 2.20. The second-order valence-electron chi connectivity index (χ2n) is 4.99. The average Bonchev–Trinajstić information content (AvgIpc) is 3.10. The van der Waals surface area contributed by atoms with Crippen LogP contribution in [0, 0.1) is 11.7 Å². The van der Waals surface area contributed by atoms with Crippen LogP contribution in [0.15, 0.2) is 24.7 Å². The molecule has 1 fully saturated rings. The summed E-state index contributed by atoms with van der Waals surface area (Å²) in [6, 6.07) is 1.46. The van der Waals surface area contributed by atoms with Crippen LogP contribution in [0.3, 0.4) is 0 Å². The zero-order valence-corrected chi connectivity index (χ0v) is 10.6. The summed E-state index contributed by atoms with van der Waals surface area (Å²) in [4.78, 5) is 3.81. The standard InChI is InChI=1S/C13H16FN5/c14-12-3-11(5-15-6-12)8-19-9-13(17-18-19)7-16-4-10-1-2-10/h3,5-6,9-10,16H,1-2,4,7-8H2. The van der Waals surface area contributed by atoms with Crippen molar-refractivity contribution in [3.8, 4) is 0 Å². The molecule has 2 aromatic heterocycles. The third-order valence-corrected chi connectivity index (χ3v) is 3.13. The number of nitrogens with one attached hydrogen (secondary N) is 1. The van der Waals surface area contributed by atoms with Gasteiger partial charge < -0.3 is 5.32 Å². The Hall–Kier alpha value is -1.82. The summed E-state index contributed by atoms with van der Waals surface area (Å²) in [5, 5.41) is 11.5. The van der Waals surface area contributed by atoms with Gasteiger partial charge in [0.05, 0.1) is 24.6 Å². The molecule has 19 heavy (non-hydrogen) atoms. The van der Waals surface area contributed by atoms with E-state index in [9.17, 15) is 4.39 Å². The van der Waals surface area contributed by atoms with Crippen LogP contribution in [0.1, 0.15) is 24.1 Å². The average molecular weight is 261 g/mol. The van der Waals surface area contributed by atoms with Crippen molar-refractivity contribution in [2.24, 2.45) is 5.92 Å². The van der Waals surface area contributed by atoms with Crippen molar-refractivity contribution in [1.29, 1.82) is 0 Å². The summed E-state index contributed by atoms with van der Waals surface area (Å²) < 4.78 is 14.7. The molecule has 0 atom stereocenters. The molecule has 0 aromatic carbocycles. The number of pyridine rings is 1. The first-order chi connectivity index (χ1) is 9.29. The van der Waals surface area contributed by atoms with E-state index in [0.29, 0.717) is 6.54 Å². The molecule has 1 aliphatic rings. The van der Waals surface area contributed by atoms with Crippen molar-refractivity contribution >= 4 is 0 Å². The van der Waals surface area contributed by atoms with Crippen LogP contribution in [0.25, 0.3) is 0 Å². The third-order valence-electron chi connectivity index (χ3n) is 3.13. The molecular weight excluding hydrogens is 245 g/mol. The molecule has 0 aliphatic heterocycles. The quantitative estimate of drug-likeness (QED) is 0.853. The van der Waals surface area contributed by atoms with E-state index in [2.05, 4.69) is 20.6 Å². The van der Waals surface area contributed by atoms with Gasteiger partial charge in [0.1, 0.15) is 5.82 Å². The SMILES string of the molecule is Fc1cncc(Cn2cc(CNCC3CC3)nn2)c1. The van der Waals surface area contributed by atoms with Crippen LogP contribution < -0.4 is 5.32 Å². The molecule has 0 unspecified atom stereocenters. The van der Waals surface area contributed by atoms with Crippen LogP contribution in [0.2, 0.25) is 0 Å². The molecule has 100 valence electrons. The monoisotopic (exact) mass is 261 g/mol. The van der Waals surface area contributed by atoms with E-state index in [0.717, 1.165) is 30.3 Å². The van der Waals surface area contributed by atoms with Gasteiger partial charge in [0.15, 0.2) is 0 Å². The summed E-state index contributed by atoms with van der Waals surface area (Å²) in [6.07, 6.45) is 7.39. The number of nitrogens with zero attached hydrogens (tertiary/aromatic N) is 4. The molecule has 0 amide bonds. The maximum Gasteiger partial charge on any atom is 0.141 e. The summed E-state index contributed by atoms with van der Waals surface area (Å²) in [6.45, 7) is 2.28. The second kappa shape index (κ2) is 5.44. The van der Waals surface area contributed by atoms with Crippen LogP contribution in [0.4, 0.5) is 4.39 Å². The van der Waals surface area contributed by atoms with Gasteiger partial charge in [-0.25, -0.2) is 9.07 Å². The molecule has 6 heteroatoms. The Morgan fingerprint density at radius 2 is 2.26 bits per heavy atom. The summed E-state index contributed by atoms with van der Waals surface area (Å²) in [5.74, 6) is 0.525. The van der Waals surface area contributed by atoms with Gasteiger partial charge in [-0.15, -0.1) is 5.10 Å². The van der Waals surface area contributed by atoms with Gasteiger partial charge >= 0.3 is 0 Å². The van der Waals surface area contributed by atoms with Gasteiger partial charge in [0, 0.05) is 12.7 Å². The van der Waals surface area contributed by atoms with Crippen LogP contribution >= 0.6 is 0 Å². The van der Waals surface area contributed by atoms with Gasteiger partial charge in [-0.05, 0) is 36.9 Å². The fourth-order valence-electron chi connectivity index (χ4n) is 1.95. The number of halogens is 1. The maximum absolute atomic E-state index is 13.0. The van der Waals surface area contributed by atoms with Crippen molar-refractivity contribution in [2.75, 3.05) is 6.54 Å². The molecule has 0 spiro atoms. The molecule has 3 rings (SSSR count). The topological polar surface area (TPSA) is 55.6 Å². The van der Waals surface area contributed by atoms with Crippen molar-refractivity contribution < 1.29 is 4.39 Å². The highest BCUT2D eigenvalue weighted by Crippen LogP contribution is 2.27. The number of rotatable bonds is 6. The fraction of sp³-hybridized carbons (Fsp3) is 0.462. The van der Waals surface area contributed by atoms with Gasteiger partial charge in [0.25, 0.3) is 0 Å². The fourth-order valence-corrected chi connectivity index (χ4v) is 1.95. The predicted molar refractivity (Wildman–Crippen MR) is 67.7 cm³/mol. The highest BCUT2D eigenvalue weighted by atomic mass is 19.1. The zero-order valence-electron chi connectivity index (χ0n) is 10.6. The largest absolute Gasteiger partial charge is 0.311 e. The number of hydrogen-bond acceptors (Lipinski definition) is 4. The molecule has 0 bridgehead atoms. The van der Waals surface area contributed by atoms with Crippen molar-refractivity contribution in [3.05, 3.63) is 41.7 Å². The number of hydrogen-bond donors (Lipinski definition) is 1. The molecule has 1 N–H and O–H groups in total. The lowest BCUT2D eigenvalue weighted by Gasteiger charge is -2.00. The Morgan fingerprint density at radius 1 is 1.37 bits per heavy atom. The van der Waals surface area contributed by atoms with Gasteiger partial charge in [-0.1, -0.05) is 5.21 Å². The van der Waals surface area contributed by atoms with E-state index in [4.69, 9.17) is 0 Å². The first-order valence-electron chi connectivity index (χ1n) is 6.49. The zero-order chi connectivity index (χ0) is 13.1. The second-order valence-corrected chi connectivity index (χ2v) is 4.99. The predicted octanol–water partition coefficient (Wildman–Crippen LogP) is 1.36. The Kier molecular flexibility index (Phi) is 3.50. The third kappa shape index (κ3) is 3.57. The summed E-state index contributed by atoms with van der Waals surface area (Å²) in [5.41, 5.74) is 1.69. The van der Waals surface area contributed by atoms with Crippen molar-refractivity contribution in [1.82, 2.24) is 25.3 Å². The maximum atomic E-state index is 13.0. The van der Waals surface area contributed by atoms with E-state index >= 15 is 0 Å². The summed E-state index contributed by atoms with van der Waals surface area (Å²) in [7, 11) is 0. The van der Waals surface area contributed by atoms with Crippen LogP contribution in [0.5, 0.6) is 0 Å². The molecular formula is C13H16FN5. The van der Waals surface area contributed by atoms with Crippen molar-refractivity contribution in [2.45, 2.75) is 25.9 Å². The van der Waals surface area contributed by atoms with Crippen molar-refractivity contribution in [3.63, 3.8) is 0 Å². The molecule has 1 aliphatic carbocycles. The minimum atomic E-state index is -0.330. The Bertz CT molecular complexity index is 549. The lowest BCUT2D eigenvalue weighted by molar-refractivity contribution is 0.606. The van der Waals surface area contributed by atoms with E-state index in [-0.39, 0.29) is 5.82 Å². The van der Waals surface area contributed by atoms with Crippen LogP contribution in [-0.2, 0) is 13.1 Å². The van der Waals surface area contributed by atoms with Crippen LogP contribution in [-0.4, -0.2) is 26.5 Å². The minimum Gasteiger partial charge on any atom is -0.311 e. The first-order valence-corrected chi connectivity index (χ1v) is 6.49. The normalized spacial score (nSPS) is 14.8.